The molecule has 16 heavy (non-hydrogen) atoms. The van der Waals surface area contributed by atoms with Crippen LogP contribution in [-0.2, 0) is 10.2 Å². The summed E-state index contributed by atoms with van der Waals surface area (Å²) in [5, 5.41) is 0.777. The minimum atomic E-state index is -4.78. The van der Waals surface area contributed by atoms with E-state index in [9.17, 15) is 12.3 Å². The highest BCUT2D eigenvalue weighted by molar-refractivity contribution is 7.86. The molecule has 1 aromatic heterocycles. The Hall–Kier alpha value is -1.20. The van der Waals surface area contributed by atoms with Crippen molar-refractivity contribution in [2.24, 2.45) is 0 Å². The summed E-state index contributed by atoms with van der Waals surface area (Å²) in [4.78, 5) is 3.55. The van der Waals surface area contributed by atoms with Crippen molar-refractivity contribution < 1.29 is 12.3 Å². The Morgan fingerprint density at radius 1 is 1.38 bits per heavy atom. The predicted octanol–water partition coefficient (Wildman–Crippen LogP) is 2.85. The van der Waals surface area contributed by atoms with Crippen molar-refractivity contribution in [3.63, 3.8) is 0 Å². The van der Waals surface area contributed by atoms with E-state index in [-0.39, 0.29) is 5.52 Å². The van der Waals surface area contributed by atoms with E-state index < -0.39 is 15.1 Å². The molecule has 1 aromatic carbocycles. The second kappa shape index (κ2) is 3.68. The number of halogens is 2. The highest BCUT2D eigenvalue weighted by Crippen LogP contribution is 2.28. The molecule has 2 aromatic rings. The smallest absolute Gasteiger partial charge is 0.252 e. The van der Waals surface area contributed by atoms with Crippen molar-refractivity contribution >= 4 is 32.7 Å². The number of para-hydroxylation sites is 1. The van der Waals surface area contributed by atoms with Crippen LogP contribution in [0.5, 0.6) is 0 Å². The second-order valence-electron chi connectivity index (χ2n) is 3.34. The molecule has 6 heteroatoms. The molecular formula is C10H7ClFNO2S. The highest BCUT2D eigenvalue weighted by atomic mass is 35.5. The molecule has 0 fully saturated rings. The summed E-state index contributed by atoms with van der Waals surface area (Å²) in [5.41, 5.74) is 0.601. The van der Waals surface area contributed by atoms with Crippen molar-refractivity contribution in [3.8, 4) is 0 Å². The molecule has 0 spiro atoms. The summed E-state index contributed by atoms with van der Waals surface area (Å²) >= 11 is 5.93. The summed E-state index contributed by atoms with van der Waals surface area (Å²) < 4.78 is 34.8. The Kier molecular flexibility index (Phi) is 2.59. The molecule has 0 saturated heterocycles. The van der Waals surface area contributed by atoms with Crippen LogP contribution in [0.2, 0.25) is 5.02 Å². The van der Waals surface area contributed by atoms with Gasteiger partial charge in [-0.2, -0.15) is 8.42 Å². The van der Waals surface area contributed by atoms with Crippen LogP contribution in [0.25, 0.3) is 10.9 Å². The molecule has 0 amide bonds. The quantitative estimate of drug-likeness (QED) is 0.740. The molecule has 0 bridgehead atoms. The number of hydrogen-bond donors (Lipinski definition) is 0. The molecular weight excluding hydrogens is 253 g/mol. The van der Waals surface area contributed by atoms with Crippen LogP contribution in [-0.4, -0.2) is 13.4 Å². The Morgan fingerprint density at radius 2 is 2.06 bits per heavy atom. The Bertz CT molecular complexity index is 670. The first-order valence-corrected chi connectivity index (χ1v) is 6.16. The molecule has 0 aliphatic rings. The van der Waals surface area contributed by atoms with Crippen LogP contribution in [0, 0.1) is 6.92 Å². The minimum Gasteiger partial charge on any atom is -0.252 e. The second-order valence-corrected chi connectivity index (χ2v) is 5.06. The molecule has 2 rings (SSSR count). The van der Waals surface area contributed by atoms with Crippen LogP contribution in [0.1, 0.15) is 5.69 Å². The van der Waals surface area contributed by atoms with E-state index in [1.54, 1.807) is 19.1 Å². The van der Waals surface area contributed by atoms with Gasteiger partial charge in [-0.15, -0.1) is 3.89 Å². The monoisotopic (exact) mass is 259 g/mol. The van der Waals surface area contributed by atoms with Gasteiger partial charge in [0.1, 0.15) is 4.90 Å². The molecule has 0 aliphatic carbocycles. The van der Waals surface area contributed by atoms with Crippen LogP contribution in [0.3, 0.4) is 0 Å². The van der Waals surface area contributed by atoms with E-state index in [0.29, 0.717) is 16.1 Å². The largest absolute Gasteiger partial charge is 0.334 e. The Balaban J connectivity index is 2.98. The molecule has 0 saturated carbocycles. The van der Waals surface area contributed by atoms with E-state index in [4.69, 9.17) is 11.6 Å². The maximum atomic E-state index is 13.0. The molecule has 0 N–H and O–H groups in total. The Morgan fingerprint density at radius 3 is 2.69 bits per heavy atom. The summed E-state index contributed by atoms with van der Waals surface area (Å²) in [6, 6.07) is 5.79. The SMILES string of the molecule is Cc1cc(Cl)c2cccc(S(=O)(=O)F)c2n1. The number of hydrogen-bond acceptors (Lipinski definition) is 3. The third-order valence-electron chi connectivity index (χ3n) is 2.14. The summed E-state index contributed by atoms with van der Waals surface area (Å²) in [5.74, 6) is 0. The fourth-order valence-corrected chi connectivity index (χ4v) is 2.43. The van der Waals surface area contributed by atoms with Crippen LogP contribution in [0.15, 0.2) is 29.2 Å². The zero-order valence-corrected chi connectivity index (χ0v) is 9.81. The van der Waals surface area contributed by atoms with Gasteiger partial charge in [0.2, 0.25) is 0 Å². The lowest BCUT2D eigenvalue weighted by molar-refractivity contribution is 0.553. The van der Waals surface area contributed by atoms with E-state index >= 15 is 0 Å². The normalized spacial score (nSPS) is 11.9. The van der Waals surface area contributed by atoms with Crippen LogP contribution in [0.4, 0.5) is 3.89 Å². The third-order valence-corrected chi connectivity index (χ3v) is 3.31. The molecule has 84 valence electrons. The van der Waals surface area contributed by atoms with E-state index in [0.717, 1.165) is 0 Å². The van der Waals surface area contributed by atoms with Crippen molar-refractivity contribution in [3.05, 3.63) is 35.0 Å². The van der Waals surface area contributed by atoms with Gasteiger partial charge in [-0.3, -0.25) is 4.98 Å². The maximum absolute atomic E-state index is 13.0. The number of fused-ring (bicyclic) bond motifs is 1. The van der Waals surface area contributed by atoms with Gasteiger partial charge in [0.25, 0.3) is 0 Å². The van der Waals surface area contributed by atoms with E-state index in [1.165, 1.54) is 12.1 Å². The lowest BCUT2D eigenvalue weighted by atomic mass is 10.2. The number of benzene rings is 1. The standard InChI is InChI=1S/C10H7ClFNO2S/c1-6-5-8(11)7-3-2-4-9(10(7)13-6)16(12,14)15/h2-5H,1H3. The molecule has 0 aliphatic heterocycles. The third kappa shape index (κ3) is 1.88. The van der Waals surface area contributed by atoms with Gasteiger partial charge in [0.15, 0.2) is 0 Å². The Labute approximate surface area is 97.1 Å². The van der Waals surface area contributed by atoms with Crippen LogP contribution >= 0.6 is 11.6 Å². The van der Waals surface area contributed by atoms with Crippen molar-refractivity contribution in [1.82, 2.24) is 4.98 Å². The van der Waals surface area contributed by atoms with Crippen molar-refractivity contribution in [2.75, 3.05) is 0 Å². The van der Waals surface area contributed by atoms with Gasteiger partial charge in [-0.25, -0.2) is 0 Å². The average molecular weight is 260 g/mol. The number of pyridine rings is 1. The minimum absolute atomic E-state index is 0.0648. The molecule has 1 heterocycles. The first kappa shape index (κ1) is 11.3. The topological polar surface area (TPSA) is 47.0 Å². The number of rotatable bonds is 1. The first-order valence-electron chi connectivity index (χ1n) is 4.40. The molecule has 0 unspecified atom stereocenters. The summed E-state index contributed by atoms with van der Waals surface area (Å²) in [7, 11) is -4.78. The van der Waals surface area contributed by atoms with Gasteiger partial charge in [0, 0.05) is 11.1 Å². The molecule has 0 atom stereocenters. The van der Waals surface area contributed by atoms with Crippen molar-refractivity contribution in [2.45, 2.75) is 11.8 Å². The van der Waals surface area contributed by atoms with E-state index in [1.807, 2.05) is 0 Å². The number of nitrogens with zero attached hydrogens (tertiary/aromatic N) is 1. The number of aryl methyl sites for hydroxylation is 1. The van der Waals surface area contributed by atoms with Gasteiger partial charge in [-0.05, 0) is 19.1 Å². The van der Waals surface area contributed by atoms with Gasteiger partial charge < -0.3 is 0 Å². The zero-order chi connectivity index (χ0) is 11.9. The fourth-order valence-electron chi connectivity index (χ4n) is 1.50. The lowest BCUT2D eigenvalue weighted by Gasteiger charge is -2.04. The molecule has 3 nitrogen and oxygen atoms in total. The summed E-state index contributed by atoms with van der Waals surface area (Å²) in [6.07, 6.45) is 0. The summed E-state index contributed by atoms with van der Waals surface area (Å²) in [6.45, 7) is 1.66. The van der Waals surface area contributed by atoms with Gasteiger partial charge in [0.05, 0.1) is 10.5 Å². The lowest BCUT2D eigenvalue weighted by Crippen LogP contribution is -1.96. The molecule has 0 radical (unpaired) electrons. The van der Waals surface area contributed by atoms with Crippen molar-refractivity contribution in [1.29, 1.82) is 0 Å². The predicted molar refractivity (Wildman–Crippen MR) is 59.8 cm³/mol. The fraction of sp³-hybridized carbons (Fsp3) is 0.100. The van der Waals surface area contributed by atoms with E-state index in [2.05, 4.69) is 4.98 Å². The highest BCUT2D eigenvalue weighted by Gasteiger charge is 2.17. The zero-order valence-electron chi connectivity index (χ0n) is 8.24. The first-order chi connectivity index (χ1) is 7.39. The van der Waals surface area contributed by atoms with Crippen LogP contribution < -0.4 is 0 Å². The number of aromatic nitrogens is 1. The van der Waals surface area contributed by atoms with Gasteiger partial charge >= 0.3 is 10.2 Å². The average Bonchev–Trinajstić information content (AvgIpc) is 2.15. The maximum Gasteiger partial charge on any atom is 0.334 e. The van der Waals surface area contributed by atoms with Gasteiger partial charge in [-0.1, -0.05) is 23.7 Å².